The van der Waals surface area contributed by atoms with E-state index in [9.17, 15) is 4.79 Å². The van der Waals surface area contributed by atoms with E-state index < -0.39 is 5.97 Å². The van der Waals surface area contributed by atoms with Crippen LogP contribution in [0.4, 0.5) is 0 Å². The first-order valence-electron chi connectivity index (χ1n) is 5.02. The summed E-state index contributed by atoms with van der Waals surface area (Å²) >= 11 is 0. The number of ether oxygens (including phenoxy) is 1. The average molecular weight is 233 g/mol. The fraction of sp³-hybridized carbons (Fsp3) is 0.167. The molecule has 1 heterocycles. The zero-order valence-electron chi connectivity index (χ0n) is 9.21. The van der Waals surface area contributed by atoms with Crippen LogP contribution in [0.2, 0.25) is 0 Å². The van der Waals surface area contributed by atoms with Gasteiger partial charge in [0, 0.05) is 0 Å². The molecule has 0 radical (unpaired) electrons. The molecule has 2 aromatic rings. The summed E-state index contributed by atoms with van der Waals surface area (Å²) in [5.74, 6) is -0.191. The van der Waals surface area contributed by atoms with Gasteiger partial charge in [0.05, 0.1) is 0 Å². The minimum Gasteiger partial charge on any atom is -0.484 e. The van der Waals surface area contributed by atoms with Crippen molar-refractivity contribution in [3.05, 3.63) is 47.7 Å². The highest BCUT2D eigenvalue weighted by atomic mass is 16.5. The van der Waals surface area contributed by atoms with Crippen LogP contribution >= 0.6 is 0 Å². The van der Waals surface area contributed by atoms with E-state index in [2.05, 4.69) is 4.98 Å². The van der Waals surface area contributed by atoms with E-state index in [1.165, 1.54) is 0 Å². The Morgan fingerprint density at radius 3 is 2.71 bits per heavy atom. The average Bonchev–Trinajstić information content (AvgIpc) is 2.77. The molecule has 0 amide bonds. The van der Waals surface area contributed by atoms with Crippen LogP contribution in [-0.2, 0) is 6.61 Å². The van der Waals surface area contributed by atoms with Crippen molar-refractivity contribution in [2.45, 2.75) is 13.5 Å². The van der Waals surface area contributed by atoms with Crippen molar-refractivity contribution in [3.63, 3.8) is 0 Å². The number of aromatic nitrogens is 1. The fourth-order valence-electron chi connectivity index (χ4n) is 1.25. The molecule has 0 saturated carbocycles. The van der Waals surface area contributed by atoms with Crippen molar-refractivity contribution < 1.29 is 19.1 Å². The lowest BCUT2D eigenvalue weighted by molar-refractivity contribution is 0.0690. The van der Waals surface area contributed by atoms with E-state index in [-0.39, 0.29) is 18.2 Å². The molecule has 0 bridgehead atoms. The smallest absolute Gasteiger partial charge is 0.357 e. The lowest BCUT2D eigenvalue weighted by atomic mass is 10.2. The van der Waals surface area contributed by atoms with Crippen molar-refractivity contribution in [1.29, 1.82) is 0 Å². The Kier molecular flexibility index (Phi) is 3.09. The van der Waals surface area contributed by atoms with Gasteiger partial charge in [0.15, 0.2) is 12.3 Å². The van der Waals surface area contributed by atoms with Crippen LogP contribution in [0, 0.1) is 6.92 Å². The number of aromatic carboxylic acids is 1. The summed E-state index contributed by atoms with van der Waals surface area (Å²) < 4.78 is 10.3. The molecule has 0 spiro atoms. The fourth-order valence-corrected chi connectivity index (χ4v) is 1.25. The van der Waals surface area contributed by atoms with Gasteiger partial charge in [-0.25, -0.2) is 9.78 Å². The van der Waals surface area contributed by atoms with Gasteiger partial charge in [0.25, 0.3) is 0 Å². The van der Waals surface area contributed by atoms with Crippen molar-refractivity contribution in [1.82, 2.24) is 4.98 Å². The number of carbonyl (C=O) groups is 1. The molecule has 5 nitrogen and oxygen atoms in total. The highest BCUT2D eigenvalue weighted by Gasteiger charge is 2.10. The molecule has 1 aromatic heterocycles. The predicted octanol–water partition coefficient (Wildman–Crippen LogP) is 2.26. The van der Waals surface area contributed by atoms with Crippen molar-refractivity contribution >= 4 is 5.97 Å². The summed E-state index contributed by atoms with van der Waals surface area (Å²) in [5.41, 5.74) is 1.02. The number of oxazole rings is 1. The highest BCUT2D eigenvalue weighted by Crippen LogP contribution is 2.13. The summed E-state index contributed by atoms with van der Waals surface area (Å²) in [5, 5.41) is 8.65. The summed E-state index contributed by atoms with van der Waals surface area (Å²) in [4.78, 5) is 14.3. The zero-order chi connectivity index (χ0) is 12.3. The molecule has 1 aromatic carbocycles. The van der Waals surface area contributed by atoms with Gasteiger partial charge in [-0.15, -0.1) is 0 Å². The Hall–Kier alpha value is -2.30. The van der Waals surface area contributed by atoms with E-state index in [4.69, 9.17) is 14.3 Å². The second-order valence-electron chi connectivity index (χ2n) is 3.53. The van der Waals surface area contributed by atoms with Crippen LogP contribution in [0.25, 0.3) is 0 Å². The number of rotatable bonds is 4. The molecule has 0 aliphatic carbocycles. The van der Waals surface area contributed by atoms with Gasteiger partial charge < -0.3 is 14.3 Å². The predicted molar refractivity (Wildman–Crippen MR) is 59.0 cm³/mol. The Morgan fingerprint density at radius 2 is 2.12 bits per heavy atom. The van der Waals surface area contributed by atoms with Crippen LogP contribution in [0.1, 0.15) is 21.9 Å². The van der Waals surface area contributed by atoms with Gasteiger partial charge in [0.1, 0.15) is 12.0 Å². The Labute approximate surface area is 97.7 Å². The van der Waals surface area contributed by atoms with Gasteiger partial charge in [-0.05, 0) is 19.1 Å². The monoisotopic (exact) mass is 233 g/mol. The molecule has 0 fully saturated rings. The molecule has 0 unspecified atom stereocenters. The lowest BCUT2D eigenvalue weighted by Gasteiger charge is -2.02. The minimum atomic E-state index is -1.12. The lowest BCUT2D eigenvalue weighted by Crippen LogP contribution is -1.99. The van der Waals surface area contributed by atoms with Crippen LogP contribution < -0.4 is 4.74 Å². The van der Waals surface area contributed by atoms with Gasteiger partial charge in [0.2, 0.25) is 5.89 Å². The van der Waals surface area contributed by atoms with Crippen molar-refractivity contribution in [2.24, 2.45) is 0 Å². The van der Waals surface area contributed by atoms with Gasteiger partial charge >= 0.3 is 5.97 Å². The summed E-state index contributed by atoms with van der Waals surface area (Å²) in [6.07, 6.45) is 1.09. The SMILES string of the molecule is Cc1ccc(OCc2nc(C(=O)O)co2)cc1. The van der Waals surface area contributed by atoms with Crippen LogP contribution in [0.15, 0.2) is 34.9 Å². The molecular weight excluding hydrogens is 222 g/mol. The van der Waals surface area contributed by atoms with Crippen LogP contribution in [-0.4, -0.2) is 16.1 Å². The topological polar surface area (TPSA) is 72.6 Å². The van der Waals surface area contributed by atoms with Crippen LogP contribution in [0.5, 0.6) is 5.75 Å². The maximum absolute atomic E-state index is 10.6. The van der Waals surface area contributed by atoms with E-state index in [0.29, 0.717) is 5.75 Å². The molecule has 88 valence electrons. The first-order chi connectivity index (χ1) is 8.15. The maximum Gasteiger partial charge on any atom is 0.357 e. The maximum atomic E-state index is 10.6. The first kappa shape index (κ1) is 11.2. The number of hydrogen-bond donors (Lipinski definition) is 1. The number of carboxylic acids is 1. The molecule has 0 aliphatic heterocycles. The Bertz CT molecular complexity index is 516. The molecule has 17 heavy (non-hydrogen) atoms. The third kappa shape index (κ3) is 2.84. The molecular formula is C12H11NO4. The van der Waals surface area contributed by atoms with E-state index in [1.54, 1.807) is 0 Å². The molecule has 0 aliphatic rings. The molecule has 0 saturated heterocycles. The molecule has 1 N–H and O–H groups in total. The van der Waals surface area contributed by atoms with Crippen LogP contribution in [0.3, 0.4) is 0 Å². The second kappa shape index (κ2) is 4.69. The van der Waals surface area contributed by atoms with Crippen molar-refractivity contribution in [2.75, 3.05) is 0 Å². The third-order valence-corrected chi connectivity index (χ3v) is 2.15. The summed E-state index contributed by atoms with van der Waals surface area (Å²) in [7, 11) is 0. The largest absolute Gasteiger partial charge is 0.484 e. The zero-order valence-corrected chi connectivity index (χ0v) is 9.21. The number of nitrogens with zero attached hydrogens (tertiary/aromatic N) is 1. The normalized spacial score (nSPS) is 10.2. The first-order valence-corrected chi connectivity index (χ1v) is 5.02. The molecule has 5 heteroatoms. The quantitative estimate of drug-likeness (QED) is 0.876. The van der Waals surface area contributed by atoms with Gasteiger partial charge in [-0.3, -0.25) is 0 Å². The molecule has 2 rings (SSSR count). The third-order valence-electron chi connectivity index (χ3n) is 2.15. The number of hydrogen-bond acceptors (Lipinski definition) is 4. The Morgan fingerprint density at radius 1 is 1.41 bits per heavy atom. The summed E-state index contributed by atoms with van der Waals surface area (Å²) in [6, 6.07) is 7.51. The van der Waals surface area contributed by atoms with Crippen molar-refractivity contribution in [3.8, 4) is 5.75 Å². The van der Waals surface area contributed by atoms with E-state index in [0.717, 1.165) is 11.8 Å². The minimum absolute atomic E-state index is 0.107. The number of carboxylic acid groups (broad SMARTS) is 1. The number of benzene rings is 1. The van der Waals surface area contributed by atoms with Gasteiger partial charge in [-0.2, -0.15) is 0 Å². The Balaban J connectivity index is 1.97. The van der Waals surface area contributed by atoms with E-state index in [1.807, 2.05) is 31.2 Å². The highest BCUT2D eigenvalue weighted by molar-refractivity contribution is 5.84. The summed E-state index contributed by atoms with van der Waals surface area (Å²) in [6.45, 7) is 2.09. The second-order valence-corrected chi connectivity index (χ2v) is 3.53. The van der Waals surface area contributed by atoms with Gasteiger partial charge in [-0.1, -0.05) is 17.7 Å². The standard InChI is InChI=1S/C12H11NO4/c1-8-2-4-9(5-3-8)16-7-11-13-10(6-17-11)12(14)15/h2-6H,7H2,1H3,(H,14,15). The number of aryl methyl sites for hydroxylation is 1. The van der Waals surface area contributed by atoms with E-state index >= 15 is 0 Å². The molecule has 0 atom stereocenters.